The van der Waals surface area contributed by atoms with Gasteiger partial charge < -0.3 is 10.0 Å². The van der Waals surface area contributed by atoms with Gasteiger partial charge in [0.25, 0.3) is 0 Å². The van der Waals surface area contributed by atoms with Crippen molar-refractivity contribution in [2.45, 2.75) is 6.42 Å². The first-order valence-corrected chi connectivity index (χ1v) is 7.32. The summed E-state index contributed by atoms with van der Waals surface area (Å²) in [5, 5.41) is 9.18. The molecule has 1 N–H and O–H groups in total. The first kappa shape index (κ1) is 16.0. The monoisotopic (exact) mass is 295 g/mol. The summed E-state index contributed by atoms with van der Waals surface area (Å²) >= 11 is 0. The second kappa shape index (κ2) is 7.57. The fourth-order valence-corrected chi connectivity index (χ4v) is 2.31. The van der Waals surface area contributed by atoms with Gasteiger partial charge >= 0.3 is 5.97 Å². The highest BCUT2D eigenvalue weighted by atomic mass is 16.4. The maximum Gasteiger partial charge on any atom is 0.335 e. The highest BCUT2D eigenvalue weighted by molar-refractivity contribution is 5.90. The number of benzene rings is 2. The van der Waals surface area contributed by atoms with Gasteiger partial charge in [0.2, 0.25) is 0 Å². The quantitative estimate of drug-likeness (QED) is 0.882. The predicted octanol–water partition coefficient (Wildman–Crippen LogP) is 3.77. The van der Waals surface area contributed by atoms with Gasteiger partial charge in [-0.3, -0.25) is 0 Å². The minimum Gasteiger partial charge on any atom is -0.478 e. The molecular formula is C19H21NO2. The molecule has 0 fully saturated rings. The number of aromatic carboxylic acids is 1. The molecule has 0 heterocycles. The lowest BCUT2D eigenvalue weighted by Crippen LogP contribution is -2.12. The maximum atomic E-state index is 11.2. The van der Waals surface area contributed by atoms with E-state index >= 15 is 0 Å². The Kier molecular flexibility index (Phi) is 5.50. The van der Waals surface area contributed by atoms with Crippen molar-refractivity contribution in [1.82, 2.24) is 4.90 Å². The first-order chi connectivity index (χ1) is 10.6. The standard InChI is InChI=1S/C19H21NO2/c1-20(2)13-7-12-18(15-8-4-3-5-9-15)16-10-6-11-17(14-16)19(21)22/h3-6,8-12,14H,7,13H2,1-2H3,(H,21,22)/b18-12+. The minimum atomic E-state index is -0.900. The Labute approximate surface area is 131 Å². The molecule has 0 aliphatic carbocycles. The molecule has 0 saturated carbocycles. The van der Waals surface area contributed by atoms with Crippen molar-refractivity contribution in [2.24, 2.45) is 0 Å². The number of hydrogen-bond acceptors (Lipinski definition) is 2. The van der Waals surface area contributed by atoms with E-state index in [0.29, 0.717) is 5.56 Å². The van der Waals surface area contributed by atoms with E-state index in [-0.39, 0.29) is 0 Å². The molecule has 0 aliphatic rings. The van der Waals surface area contributed by atoms with Gasteiger partial charge in [-0.05, 0) is 49.3 Å². The van der Waals surface area contributed by atoms with Gasteiger partial charge in [0.15, 0.2) is 0 Å². The number of rotatable bonds is 6. The summed E-state index contributed by atoms with van der Waals surface area (Å²) in [6.07, 6.45) is 3.09. The SMILES string of the molecule is CN(C)CC/C=C(\c1ccccc1)c1cccc(C(=O)O)c1. The van der Waals surface area contributed by atoms with Crippen molar-refractivity contribution in [3.05, 3.63) is 77.4 Å². The number of nitrogens with zero attached hydrogens (tertiary/aromatic N) is 1. The summed E-state index contributed by atoms with van der Waals surface area (Å²) in [5.74, 6) is -0.900. The molecule has 0 radical (unpaired) electrons. The van der Waals surface area contributed by atoms with Crippen molar-refractivity contribution in [1.29, 1.82) is 0 Å². The molecule has 3 nitrogen and oxygen atoms in total. The van der Waals surface area contributed by atoms with Crippen LogP contribution in [0.3, 0.4) is 0 Å². The van der Waals surface area contributed by atoms with Crippen molar-refractivity contribution < 1.29 is 9.90 Å². The van der Waals surface area contributed by atoms with Crippen LogP contribution in [0.5, 0.6) is 0 Å². The van der Waals surface area contributed by atoms with E-state index in [1.165, 1.54) is 0 Å². The average molecular weight is 295 g/mol. The lowest BCUT2D eigenvalue weighted by atomic mass is 9.95. The summed E-state index contributed by atoms with van der Waals surface area (Å²) in [7, 11) is 4.09. The van der Waals surface area contributed by atoms with E-state index in [4.69, 9.17) is 0 Å². The van der Waals surface area contributed by atoms with Gasteiger partial charge in [0.05, 0.1) is 5.56 Å². The molecule has 114 valence electrons. The highest BCUT2D eigenvalue weighted by Crippen LogP contribution is 2.24. The molecule has 0 aromatic heterocycles. The Hall–Kier alpha value is -2.39. The molecular weight excluding hydrogens is 274 g/mol. The molecule has 22 heavy (non-hydrogen) atoms. The third-order valence-electron chi connectivity index (χ3n) is 3.43. The average Bonchev–Trinajstić information content (AvgIpc) is 2.52. The summed E-state index contributed by atoms with van der Waals surface area (Å²) in [6.45, 7) is 0.953. The third kappa shape index (κ3) is 4.30. The molecule has 0 unspecified atom stereocenters. The van der Waals surface area contributed by atoms with Gasteiger partial charge in [0, 0.05) is 6.54 Å². The minimum absolute atomic E-state index is 0.312. The van der Waals surface area contributed by atoms with Crippen LogP contribution in [0.4, 0.5) is 0 Å². The van der Waals surface area contributed by atoms with E-state index in [1.807, 2.05) is 38.4 Å². The fraction of sp³-hybridized carbons (Fsp3) is 0.211. The zero-order chi connectivity index (χ0) is 15.9. The van der Waals surface area contributed by atoms with Gasteiger partial charge in [-0.2, -0.15) is 0 Å². The Bertz CT molecular complexity index is 660. The molecule has 0 atom stereocenters. The molecule has 0 bridgehead atoms. The Morgan fingerprint density at radius 3 is 2.27 bits per heavy atom. The smallest absolute Gasteiger partial charge is 0.335 e. The third-order valence-corrected chi connectivity index (χ3v) is 3.43. The van der Waals surface area contributed by atoms with E-state index in [9.17, 15) is 9.90 Å². The number of carboxylic acid groups (broad SMARTS) is 1. The van der Waals surface area contributed by atoms with E-state index in [1.54, 1.807) is 18.2 Å². The summed E-state index contributed by atoms with van der Waals surface area (Å²) in [6, 6.07) is 17.2. The lowest BCUT2D eigenvalue weighted by Gasteiger charge is -2.11. The molecule has 0 saturated heterocycles. The maximum absolute atomic E-state index is 11.2. The van der Waals surface area contributed by atoms with Crippen LogP contribution in [0.15, 0.2) is 60.7 Å². The van der Waals surface area contributed by atoms with Crippen molar-refractivity contribution in [3.8, 4) is 0 Å². The molecule has 0 spiro atoms. The van der Waals surface area contributed by atoms with Crippen molar-refractivity contribution in [2.75, 3.05) is 20.6 Å². The molecule has 2 aromatic rings. The fourth-order valence-electron chi connectivity index (χ4n) is 2.31. The molecule has 0 aliphatic heterocycles. The second-order valence-electron chi connectivity index (χ2n) is 5.46. The molecule has 2 rings (SSSR count). The zero-order valence-electron chi connectivity index (χ0n) is 13.0. The molecule has 0 amide bonds. The van der Waals surface area contributed by atoms with Crippen LogP contribution >= 0.6 is 0 Å². The van der Waals surface area contributed by atoms with Gasteiger partial charge in [-0.15, -0.1) is 0 Å². The van der Waals surface area contributed by atoms with Crippen LogP contribution in [-0.4, -0.2) is 36.6 Å². The van der Waals surface area contributed by atoms with Crippen LogP contribution in [0.25, 0.3) is 5.57 Å². The second-order valence-corrected chi connectivity index (χ2v) is 5.46. The van der Waals surface area contributed by atoms with Crippen LogP contribution in [0, 0.1) is 0 Å². The summed E-state index contributed by atoms with van der Waals surface area (Å²) in [4.78, 5) is 13.3. The van der Waals surface area contributed by atoms with Crippen molar-refractivity contribution >= 4 is 11.5 Å². The first-order valence-electron chi connectivity index (χ1n) is 7.32. The number of carboxylic acids is 1. The number of hydrogen-bond donors (Lipinski definition) is 1. The van der Waals surface area contributed by atoms with Gasteiger partial charge in [0.1, 0.15) is 0 Å². The Morgan fingerprint density at radius 1 is 1.00 bits per heavy atom. The molecule has 3 heteroatoms. The molecule has 2 aromatic carbocycles. The van der Waals surface area contributed by atoms with Crippen LogP contribution in [0.2, 0.25) is 0 Å². The lowest BCUT2D eigenvalue weighted by molar-refractivity contribution is 0.0697. The van der Waals surface area contributed by atoms with E-state index in [0.717, 1.165) is 29.7 Å². The van der Waals surface area contributed by atoms with Crippen molar-refractivity contribution in [3.63, 3.8) is 0 Å². The predicted molar refractivity (Wildman–Crippen MR) is 90.1 cm³/mol. The summed E-state index contributed by atoms with van der Waals surface area (Å²) in [5.41, 5.74) is 3.42. The van der Waals surface area contributed by atoms with Gasteiger partial charge in [-0.1, -0.05) is 48.5 Å². The van der Waals surface area contributed by atoms with Crippen LogP contribution < -0.4 is 0 Å². The summed E-state index contributed by atoms with van der Waals surface area (Å²) < 4.78 is 0. The van der Waals surface area contributed by atoms with Gasteiger partial charge in [-0.25, -0.2) is 4.79 Å². The number of carbonyl (C=O) groups is 1. The van der Waals surface area contributed by atoms with Crippen LogP contribution in [-0.2, 0) is 0 Å². The van der Waals surface area contributed by atoms with E-state index < -0.39 is 5.97 Å². The van der Waals surface area contributed by atoms with Crippen LogP contribution in [0.1, 0.15) is 27.9 Å². The normalized spacial score (nSPS) is 11.7. The largest absolute Gasteiger partial charge is 0.478 e. The van der Waals surface area contributed by atoms with E-state index in [2.05, 4.69) is 23.1 Å². The zero-order valence-corrected chi connectivity index (χ0v) is 13.0. The Morgan fingerprint density at radius 2 is 1.64 bits per heavy atom. The topological polar surface area (TPSA) is 40.5 Å². The highest BCUT2D eigenvalue weighted by Gasteiger charge is 2.08. The Balaban J connectivity index is 2.40.